The Morgan fingerprint density at radius 1 is 1.06 bits per heavy atom. The molecule has 0 radical (unpaired) electrons. The Morgan fingerprint density at radius 2 is 1.65 bits per heavy atom. The third kappa shape index (κ3) is 3.63. The maximum absolute atomic E-state index is 9.87. The minimum Gasteiger partial charge on any atom is -0.504 e. The van der Waals surface area contributed by atoms with Gasteiger partial charge in [-0.25, -0.2) is 0 Å². The van der Waals surface area contributed by atoms with Crippen molar-refractivity contribution in [1.82, 2.24) is 0 Å². The van der Waals surface area contributed by atoms with Crippen molar-refractivity contribution >= 4 is 15.9 Å². The number of phenols is 2. The highest BCUT2D eigenvalue weighted by Crippen LogP contribution is 2.38. The summed E-state index contributed by atoms with van der Waals surface area (Å²) >= 11 is 3.56. The van der Waals surface area contributed by atoms with Gasteiger partial charge in [0.05, 0.1) is 0 Å². The molecule has 3 heteroatoms. The summed E-state index contributed by atoms with van der Waals surface area (Å²) in [6.07, 6.45) is 6.05. The average Bonchev–Trinajstić information content (AvgIpc) is 2.32. The molecule has 0 heterocycles. The second-order valence-electron chi connectivity index (χ2n) is 4.40. The molecule has 0 saturated heterocycles. The quantitative estimate of drug-likeness (QED) is 0.757. The van der Waals surface area contributed by atoms with Crippen LogP contribution >= 0.6 is 15.9 Å². The fourth-order valence-electron chi connectivity index (χ4n) is 1.88. The number of aromatic hydroxyl groups is 2. The molecule has 17 heavy (non-hydrogen) atoms. The lowest BCUT2D eigenvalue weighted by molar-refractivity contribution is 0.397. The van der Waals surface area contributed by atoms with Gasteiger partial charge in [0.2, 0.25) is 0 Å². The summed E-state index contributed by atoms with van der Waals surface area (Å²) in [6.45, 7) is 4.26. The van der Waals surface area contributed by atoms with Crippen molar-refractivity contribution in [2.75, 3.05) is 0 Å². The molecule has 1 aromatic rings. The summed E-state index contributed by atoms with van der Waals surface area (Å²) in [6, 6.07) is 1.67. The zero-order valence-electron chi connectivity index (χ0n) is 10.6. The van der Waals surface area contributed by atoms with Gasteiger partial charge in [-0.05, 0) is 37.3 Å². The van der Waals surface area contributed by atoms with Crippen LogP contribution in [-0.4, -0.2) is 10.2 Å². The predicted molar refractivity (Wildman–Crippen MR) is 74.7 cm³/mol. The molecule has 96 valence electrons. The van der Waals surface area contributed by atoms with Gasteiger partial charge in [-0.15, -0.1) is 0 Å². The number of hydrogen-bond acceptors (Lipinski definition) is 2. The second kappa shape index (κ2) is 6.90. The number of hydrogen-bond donors (Lipinski definition) is 2. The first-order valence-electron chi connectivity index (χ1n) is 6.33. The van der Waals surface area contributed by atoms with Gasteiger partial charge in [0.15, 0.2) is 11.5 Å². The molecular formula is C14H21BrO2. The van der Waals surface area contributed by atoms with E-state index >= 15 is 0 Å². The Kier molecular flexibility index (Phi) is 5.83. The van der Waals surface area contributed by atoms with Crippen molar-refractivity contribution in [3.8, 4) is 11.5 Å². The molecule has 0 aliphatic carbocycles. The van der Waals surface area contributed by atoms with Crippen LogP contribution in [0.3, 0.4) is 0 Å². The van der Waals surface area contributed by atoms with Crippen molar-refractivity contribution in [3.05, 3.63) is 21.7 Å². The van der Waals surface area contributed by atoms with Gasteiger partial charge in [0, 0.05) is 10.0 Å². The van der Waals surface area contributed by atoms with E-state index in [1.165, 1.54) is 0 Å². The summed E-state index contributed by atoms with van der Waals surface area (Å²) in [5, 5.41) is 19.6. The minimum absolute atomic E-state index is 0.00501. The number of aryl methyl sites for hydroxylation is 1. The van der Waals surface area contributed by atoms with Crippen molar-refractivity contribution in [1.29, 1.82) is 0 Å². The molecule has 0 spiro atoms. The van der Waals surface area contributed by atoms with Crippen LogP contribution in [0.2, 0.25) is 0 Å². The highest BCUT2D eigenvalue weighted by atomic mass is 79.9. The molecule has 0 fully saturated rings. The summed E-state index contributed by atoms with van der Waals surface area (Å²) in [5.74, 6) is 0.0379. The molecule has 0 bridgehead atoms. The molecule has 0 unspecified atom stereocenters. The van der Waals surface area contributed by atoms with Gasteiger partial charge in [-0.2, -0.15) is 0 Å². The molecule has 0 aliphatic heterocycles. The van der Waals surface area contributed by atoms with E-state index in [1.807, 2.05) is 0 Å². The van der Waals surface area contributed by atoms with Crippen LogP contribution in [0.1, 0.15) is 50.7 Å². The lowest BCUT2D eigenvalue weighted by Crippen LogP contribution is -1.95. The Labute approximate surface area is 112 Å². The van der Waals surface area contributed by atoms with E-state index in [0.29, 0.717) is 0 Å². The zero-order chi connectivity index (χ0) is 12.8. The topological polar surface area (TPSA) is 40.5 Å². The maximum Gasteiger partial charge on any atom is 0.161 e. The number of halogens is 1. The third-order valence-electron chi connectivity index (χ3n) is 2.97. The smallest absolute Gasteiger partial charge is 0.161 e. The van der Waals surface area contributed by atoms with Crippen molar-refractivity contribution in [2.24, 2.45) is 0 Å². The van der Waals surface area contributed by atoms with Gasteiger partial charge < -0.3 is 10.2 Å². The molecule has 0 aromatic heterocycles. The van der Waals surface area contributed by atoms with E-state index in [0.717, 1.165) is 54.1 Å². The molecule has 0 aliphatic rings. The molecular weight excluding hydrogens is 280 g/mol. The van der Waals surface area contributed by atoms with Gasteiger partial charge in [0.1, 0.15) is 0 Å². The van der Waals surface area contributed by atoms with Gasteiger partial charge >= 0.3 is 0 Å². The molecule has 0 atom stereocenters. The minimum atomic E-state index is 0.00501. The lowest BCUT2D eigenvalue weighted by atomic mass is 10.0. The summed E-state index contributed by atoms with van der Waals surface area (Å²) in [7, 11) is 0. The Bertz CT molecular complexity index is 375. The molecule has 1 rings (SSSR count). The van der Waals surface area contributed by atoms with Gasteiger partial charge in [0.25, 0.3) is 0 Å². The van der Waals surface area contributed by atoms with E-state index in [4.69, 9.17) is 0 Å². The van der Waals surface area contributed by atoms with Crippen molar-refractivity contribution < 1.29 is 10.2 Å². The van der Waals surface area contributed by atoms with E-state index in [9.17, 15) is 10.2 Å². The molecule has 0 amide bonds. The highest BCUT2D eigenvalue weighted by molar-refractivity contribution is 9.10. The zero-order valence-corrected chi connectivity index (χ0v) is 12.2. The fraction of sp³-hybridized carbons (Fsp3) is 0.571. The van der Waals surface area contributed by atoms with Crippen LogP contribution in [0.25, 0.3) is 0 Å². The van der Waals surface area contributed by atoms with Crippen molar-refractivity contribution in [3.63, 3.8) is 0 Å². The third-order valence-corrected chi connectivity index (χ3v) is 3.95. The molecule has 2 nitrogen and oxygen atoms in total. The number of unbranched alkanes of at least 4 members (excludes halogenated alkanes) is 2. The average molecular weight is 301 g/mol. The Balaban J connectivity index is 3.04. The van der Waals surface area contributed by atoms with E-state index in [-0.39, 0.29) is 11.5 Å². The Morgan fingerprint density at radius 3 is 2.24 bits per heavy atom. The number of benzene rings is 1. The molecule has 1 aromatic carbocycles. The summed E-state index contributed by atoms with van der Waals surface area (Å²) < 4.78 is 0.967. The lowest BCUT2D eigenvalue weighted by Gasteiger charge is -2.13. The second-order valence-corrected chi connectivity index (χ2v) is 5.20. The largest absolute Gasteiger partial charge is 0.504 e. The number of rotatable bonds is 6. The van der Waals surface area contributed by atoms with Gasteiger partial charge in [-0.3, -0.25) is 0 Å². The standard InChI is InChI=1S/C14H21BrO2/c1-3-5-7-10-9-12(16)14(17)11(13(10)15)8-6-4-2/h9,16-17H,3-8H2,1-2H3. The maximum atomic E-state index is 9.87. The van der Waals surface area contributed by atoms with Crippen LogP contribution in [0, 0.1) is 0 Å². The predicted octanol–water partition coefficient (Wildman–Crippen LogP) is 4.55. The van der Waals surface area contributed by atoms with Crippen LogP contribution in [0.15, 0.2) is 10.5 Å². The number of phenolic OH excluding ortho intramolecular Hbond substituents is 2. The fourth-order valence-corrected chi connectivity index (χ4v) is 2.58. The summed E-state index contributed by atoms with van der Waals surface area (Å²) in [4.78, 5) is 0. The van der Waals surface area contributed by atoms with Crippen LogP contribution in [-0.2, 0) is 12.8 Å². The van der Waals surface area contributed by atoms with Crippen molar-refractivity contribution in [2.45, 2.75) is 52.4 Å². The highest BCUT2D eigenvalue weighted by Gasteiger charge is 2.14. The first-order valence-corrected chi connectivity index (χ1v) is 7.13. The van der Waals surface area contributed by atoms with E-state index in [1.54, 1.807) is 6.07 Å². The molecule has 0 saturated carbocycles. The molecule has 2 N–H and O–H groups in total. The van der Waals surface area contributed by atoms with E-state index < -0.39 is 0 Å². The monoisotopic (exact) mass is 300 g/mol. The first kappa shape index (κ1) is 14.4. The normalized spacial score (nSPS) is 10.8. The SMILES string of the molecule is CCCCc1cc(O)c(O)c(CCCC)c1Br. The van der Waals surface area contributed by atoms with E-state index in [2.05, 4.69) is 29.8 Å². The van der Waals surface area contributed by atoms with Crippen LogP contribution < -0.4 is 0 Å². The summed E-state index contributed by atoms with van der Waals surface area (Å²) in [5.41, 5.74) is 1.94. The Hall–Kier alpha value is -0.700. The van der Waals surface area contributed by atoms with Crippen LogP contribution in [0.4, 0.5) is 0 Å². The van der Waals surface area contributed by atoms with Crippen LogP contribution in [0.5, 0.6) is 11.5 Å². The van der Waals surface area contributed by atoms with Gasteiger partial charge in [-0.1, -0.05) is 42.6 Å². The first-order chi connectivity index (χ1) is 8.11.